The summed E-state index contributed by atoms with van der Waals surface area (Å²) in [5, 5.41) is 10.2. The number of piperazine rings is 1. The van der Waals surface area contributed by atoms with Crippen LogP contribution in [0.4, 0.5) is 4.39 Å². The molecule has 1 saturated carbocycles. The summed E-state index contributed by atoms with van der Waals surface area (Å²) in [7, 11) is 0. The molecule has 116 valence electrons. The molecular weight excluding hydrogens is 267 g/mol. The van der Waals surface area contributed by atoms with Crippen LogP contribution in [-0.2, 0) is 6.54 Å². The van der Waals surface area contributed by atoms with Gasteiger partial charge in [-0.2, -0.15) is 0 Å². The van der Waals surface area contributed by atoms with Gasteiger partial charge in [-0.1, -0.05) is 25.0 Å². The summed E-state index contributed by atoms with van der Waals surface area (Å²) < 4.78 is 13.2. The molecule has 21 heavy (non-hydrogen) atoms. The molecular formula is C17H25FN2O. The number of hydrogen-bond donors (Lipinski definition) is 1. The van der Waals surface area contributed by atoms with Gasteiger partial charge in [-0.15, -0.1) is 0 Å². The van der Waals surface area contributed by atoms with Gasteiger partial charge in [0, 0.05) is 38.8 Å². The number of rotatable bonds is 3. The zero-order valence-electron chi connectivity index (χ0n) is 12.5. The molecule has 0 bridgehead atoms. The van der Waals surface area contributed by atoms with Crippen LogP contribution in [0.25, 0.3) is 0 Å². The second-order valence-corrected chi connectivity index (χ2v) is 6.36. The van der Waals surface area contributed by atoms with Crippen molar-refractivity contribution in [2.45, 2.75) is 44.4 Å². The molecule has 0 radical (unpaired) electrons. The highest BCUT2D eigenvalue weighted by molar-refractivity contribution is 5.16. The van der Waals surface area contributed by atoms with Crippen LogP contribution in [0.5, 0.6) is 0 Å². The fourth-order valence-electron chi connectivity index (χ4n) is 3.66. The predicted molar refractivity (Wildman–Crippen MR) is 81.5 cm³/mol. The summed E-state index contributed by atoms with van der Waals surface area (Å²) >= 11 is 0. The Morgan fingerprint density at radius 2 is 1.86 bits per heavy atom. The Bertz CT molecular complexity index is 460. The van der Waals surface area contributed by atoms with Gasteiger partial charge in [0.15, 0.2) is 0 Å². The Morgan fingerprint density at radius 3 is 2.57 bits per heavy atom. The highest BCUT2D eigenvalue weighted by Gasteiger charge is 2.30. The van der Waals surface area contributed by atoms with Crippen molar-refractivity contribution in [1.29, 1.82) is 0 Å². The second-order valence-electron chi connectivity index (χ2n) is 6.36. The lowest BCUT2D eigenvalue weighted by molar-refractivity contribution is -0.00473. The van der Waals surface area contributed by atoms with Gasteiger partial charge < -0.3 is 5.11 Å². The van der Waals surface area contributed by atoms with Crippen molar-refractivity contribution in [1.82, 2.24) is 9.80 Å². The first-order chi connectivity index (χ1) is 10.2. The van der Waals surface area contributed by atoms with E-state index in [2.05, 4.69) is 9.80 Å². The number of aliphatic hydroxyl groups excluding tert-OH is 1. The van der Waals surface area contributed by atoms with E-state index in [0.717, 1.165) is 57.5 Å². The van der Waals surface area contributed by atoms with Crippen LogP contribution in [0.15, 0.2) is 24.3 Å². The molecule has 2 fully saturated rings. The molecule has 4 heteroatoms. The van der Waals surface area contributed by atoms with Crippen molar-refractivity contribution in [2.24, 2.45) is 0 Å². The van der Waals surface area contributed by atoms with Crippen molar-refractivity contribution >= 4 is 0 Å². The van der Waals surface area contributed by atoms with E-state index in [1.54, 1.807) is 12.1 Å². The SMILES string of the molecule is OC1CCCCC1N1CCN(Cc2cccc(F)c2)CC1. The van der Waals surface area contributed by atoms with Crippen molar-refractivity contribution in [3.05, 3.63) is 35.6 Å². The van der Waals surface area contributed by atoms with E-state index in [0.29, 0.717) is 6.04 Å². The van der Waals surface area contributed by atoms with Gasteiger partial charge in [0.25, 0.3) is 0 Å². The minimum Gasteiger partial charge on any atom is -0.391 e. The third kappa shape index (κ3) is 3.82. The molecule has 2 atom stereocenters. The Labute approximate surface area is 126 Å². The lowest BCUT2D eigenvalue weighted by Crippen LogP contribution is -2.54. The standard InChI is InChI=1S/C17H25FN2O/c18-15-5-3-4-14(12-15)13-19-8-10-20(11-9-19)16-6-1-2-7-17(16)21/h3-5,12,16-17,21H,1-2,6-11,13H2. The minimum atomic E-state index is -0.156. The highest BCUT2D eigenvalue weighted by Crippen LogP contribution is 2.24. The second kappa shape index (κ2) is 6.86. The average Bonchev–Trinajstić information content (AvgIpc) is 2.49. The van der Waals surface area contributed by atoms with Crippen molar-refractivity contribution in [2.75, 3.05) is 26.2 Å². The normalized spacial score (nSPS) is 28.7. The molecule has 0 aromatic heterocycles. The van der Waals surface area contributed by atoms with E-state index in [4.69, 9.17) is 0 Å². The first-order valence-corrected chi connectivity index (χ1v) is 8.11. The Balaban J connectivity index is 1.50. The largest absolute Gasteiger partial charge is 0.391 e. The zero-order chi connectivity index (χ0) is 14.7. The molecule has 1 aliphatic heterocycles. The molecule has 1 heterocycles. The Hall–Kier alpha value is -0.970. The molecule has 1 aromatic carbocycles. The van der Waals surface area contributed by atoms with E-state index in [1.807, 2.05) is 6.07 Å². The third-order valence-corrected chi connectivity index (χ3v) is 4.87. The summed E-state index contributed by atoms with van der Waals surface area (Å²) in [5.74, 6) is -0.156. The van der Waals surface area contributed by atoms with Gasteiger partial charge in [0.05, 0.1) is 6.10 Å². The fraction of sp³-hybridized carbons (Fsp3) is 0.647. The highest BCUT2D eigenvalue weighted by atomic mass is 19.1. The first kappa shape index (κ1) is 14.9. The quantitative estimate of drug-likeness (QED) is 0.925. The molecule has 3 nitrogen and oxygen atoms in total. The van der Waals surface area contributed by atoms with Gasteiger partial charge >= 0.3 is 0 Å². The van der Waals surface area contributed by atoms with E-state index >= 15 is 0 Å². The van der Waals surface area contributed by atoms with Crippen LogP contribution < -0.4 is 0 Å². The Morgan fingerprint density at radius 1 is 1.10 bits per heavy atom. The van der Waals surface area contributed by atoms with Gasteiger partial charge in [-0.25, -0.2) is 4.39 Å². The number of halogens is 1. The molecule has 1 N–H and O–H groups in total. The van der Waals surface area contributed by atoms with E-state index < -0.39 is 0 Å². The average molecular weight is 292 g/mol. The first-order valence-electron chi connectivity index (χ1n) is 8.11. The number of benzene rings is 1. The topological polar surface area (TPSA) is 26.7 Å². The number of nitrogens with zero attached hydrogens (tertiary/aromatic N) is 2. The maximum Gasteiger partial charge on any atom is 0.123 e. The molecule has 2 aliphatic rings. The lowest BCUT2D eigenvalue weighted by Gasteiger charge is -2.42. The summed E-state index contributed by atoms with van der Waals surface area (Å²) in [6, 6.07) is 7.23. The van der Waals surface area contributed by atoms with Crippen LogP contribution in [-0.4, -0.2) is 53.2 Å². The molecule has 1 aromatic rings. The molecule has 2 unspecified atom stereocenters. The lowest BCUT2D eigenvalue weighted by atomic mass is 9.91. The van der Waals surface area contributed by atoms with Crippen LogP contribution in [0.1, 0.15) is 31.2 Å². The predicted octanol–water partition coefficient (Wildman–Crippen LogP) is 2.25. The van der Waals surface area contributed by atoms with Gasteiger partial charge in [-0.05, 0) is 30.5 Å². The monoisotopic (exact) mass is 292 g/mol. The zero-order valence-corrected chi connectivity index (χ0v) is 12.5. The van der Waals surface area contributed by atoms with E-state index in [1.165, 1.54) is 12.5 Å². The van der Waals surface area contributed by atoms with Crippen molar-refractivity contribution in [3.8, 4) is 0 Å². The van der Waals surface area contributed by atoms with Gasteiger partial charge in [0.1, 0.15) is 5.82 Å². The summed E-state index contributed by atoms with van der Waals surface area (Å²) in [4.78, 5) is 4.83. The van der Waals surface area contributed by atoms with E-state index in [-0.39, 0.29) is 11.9 Å². The fourth-order valence-corrected chi connectivity index (χ4v) is 3.66. The molecule has 1 aliphatic carbocycles. The van der Waals surface area contributed by atoms with Crippen molar-refractivity contribution < 1.29 is 9.50 Å². The van der Waals surface area contributed by atoms with Crippen LogP contribution in [0.3, 0.4) is 0 Å². The maximum atomic E-state index is 13.2. The van der Waals surface area contributed by atoms with Crippen LogP contribution in [0, 0.1) is 5.82 Å². The van der Waals surface area contributed by atoms with Gasteiger partial charge in [0.2, 0.25) is 0 Å². The minimum absolute atomic E-state index is 0.145. The molecule has 0 amide bonds. The summed E-state index contributed by atoms with van der Waals surface area (Å²) in [5.41, 5.74) is 1.04. The maximum absolute atomic E-state index is 13.2. The van der Waals surface area contributed by atoms with Crippen molar-refractivity contribution in [3.63, 3.8) is 0 Å². The van der Waals surface area contributed by atoms with Crippen LogP contribution in [0.2, 0.25) is 0 Å². The summed E-state index contributed by atoms with van der Waals surface area (Å²) in [6.07, 6.45) is 4.34. The van der Waals surface area contributed by atoms with E-state index in [9.17, 15) is 9.50 Å². The summed E-state index contributed by atoms with van der Waals surface area (Å²) in [6.45, 7) is 4.84. The van der Waals surface area contributed by atoms with Gasteiger partial charge in [-0.3, -0.25) is 9.80 Å². The Kier molecular flexibility index (Phi) is 4.88. The smallest absolute Gasteiger partial charge is 0.123 e. The number of hydrogen-bond acceptors (Lipinski definition) is 3. The number of aliphatic hydroxyl groups is 1. The third-order valence-electron chi connectivity index (χ3n) is 4.87. The van der Waals surface area contributed by atoms with Crippen LogP contribution >= 0.6 is 0 Å². The molecule has 3 rings (SSSR count). The molecule has 0 spiro atoms. The molecule has 1 saturated heterocycles.